The van der Waals surface area contributed by atoms with Crippen molar-refractivity contribution < 1.29 is 18.0 Å². The van der Waals surface area contributed by atoms with Crippen LogP contribution >= 0.6 is 0 Å². The van der Waals surface area contributed by atoms with E-state index in [1.54, 1.807) is 4.90 Å². The fourth-order valence-electron chi connectivity index (χ4n) is 3.16. The summed E-state index contributed by atoms with van der Waals surface area (Å²) in [6.07, 6.45) is -3.35. The number of piperidine rings is 1. The standard InChI is InChI=1S/C19H21F3N4O/c1-13-24-16(19(20,21)22)11-17(25-13)26-9-7-15(8-10-26)18(27)23-12-14-5-3-2-4-6-14/h2-6,11,15H,7-10,12H2,1H3,(H,23,27). The molecule has 1 N–H and O–H groups in total. The minimum Gasteiger partial charge on any atom is -0.356 e. The van der Waals surface area contributed by atoms with Gasteiger partial charge < -0.3 is 10.2 Å². The lowest BCUT2D eigenvalue weighted by atomic mass is 9.95. The lowest BCUT2D eigenvalue weighted by molar-refractivity contribution is -0.141. The maximum absolute atomic E-state index is 12.9. The van der Waals surface area contributed by atoms with Crippen molar-refractivity contribution in [2.24, 2.45) is 5.92 Å². The Morgan fingerprint density at radius 2 is 1.85 bits per heavy atom. The molecule has 0 radical (unpaired) electrons. The average molecular weight is 378 g/mol. The highest BCUT2D eigenvalue weighted by molar-refractivity contribution is 5.79. The lowest BCUT2D eigenvalue weighted by Gasteiger charge is -2.32. The van der Waals surface area contributed by atoms with Gasteiger partial charge >= 0.3 is 6.18 Å². The molecule has 1 aliphatic rings. The Morgan fingerprint density at radius 1 is 1.19 bits per heavy atom. The van der Waals surface area contributed by atoms with Gasteiger partial charge in [-0.05, 0) is 25.3 Å². The molecule has 1 aromatic carbocycles. The molecule has 0 bridgehead atoms. The first kappa shape index (κ1) is 19.1. The van der Waals surface area contributed by atoms with Crippen molar-refractivity contribution in [3.05, 3.63) is 53.5 Å². The van der Waals surface area contributed by atoms with Crippen LogP contribution in [-0.2, 0) is 17.5 Å². The summed E-state index contributed by atoms with van der Waals surface area (Å²) in [7, 11) is 0. The molecular formula is C19H21F3N4O. The molecule has 3 rings (SSSR count). The van der Waals surface area contributed by atoms with Gasteiger partial charge in [-0.25, -0.2) is 9.97 Å². The minimum atomic E-state index is -4.50. The Hall–Kier alpha value is -2.64. The van der Waals surface area contributed by atoms with Crippen LogP contribution in [0.3, 0.4) is 0 Å². The number of anilines is 1. The number of carbonyl (C=O) groups excluding carboxylic acids is 1. The van der Waals surface area contributed by atoms with Gasteiger partial charge in [0, 0.05) is 31.6 Å². The summed E-state index contributed by atoms with van der Waals surface area (Å²) < 4.78 is 38.8. The predicted molar refractivity (Wildman–Crippen MR) is 95.0 cm³/mol. The van der Waals surface area contributed by atoms with Gasteiger partial charge in [-0.15, -0.1) is 0 Å². The largest absolute Gasteiger partial charge is 0.433 e. The quantitative estimate of drug-likeness (QED) is 0.887. The van der Waals surface area contributed by atoms with Crippen molar-refractivity contribution in [3.63, 3.8) is 0 Å². The van der Waals surface area contributed by atoms with Crippen molar-refractivity contribution in [1.82, 2.24) is 15.3 Å². The molecule has 8 heteroatoms. The fraction of sp³-hybridized carbons (Fsp3) is 0.421. The van der Waals surface area contributed by atoms with Crippen LogP contribution in [0.15, 0.2) is 36.4 Å². The zero-order valence-corrected chi connectivity index (χ0v) is 15.0. The zero-order chi connectivity index (χ0) is 19.4. The number of carbonyl (C=O) groups is 1. The van der Waals surface area contributed by atoms with Crippen LogP contribution in [0.2, 0.25) is 0 Å². The van der Waals surface area contributed by atoms with Crippen LogP contribution in [0.25, 0.3) is 0 Å². The van der Waals surface area contributed by atoms with Crippen molar-refractivity contribution in [2.75, 3.05) is 18.0 Å². The topological polar surface area (TPSA) is 58.1 Å². The molecule has 144 valence electrons. The Bertz CT molecular complexity index is 787. The molecule has 2 heterocycles. The molecule has 1 amide bonds. The number of hydrogen-bond donors (Lipinski definition) is 1. The third-order valence-electron chi connectivity index (χ3n) is 4.61. The van der Waals surface area contributed by atoms with E-state index in [1.807, 2.05) is 30.3 Å². The third-order valence-corrected chi connectivity index (χ3v) is 4.61. The van der Waals surface area contributed by atoms with Crippen molar-refractivity contribution in [3.8, 4) is 0 Å². The van der Waals surface area contributed by atoms with Crippen LogP contribution in [0.1, 0.15) is 29.9 Å². The van der Waals surface area contributed by atoms with E-state index in [0.29, 0.717) is 32.5 Å². The predicted octanol–water partition coefficient (Wildman–Crippen LogP) is 3.34. The second-order valence-corrected chi connectivity index (χ2v) is 6.62. The normalized spacial score (nSPS) is 15.6. The smallest absolute Gasteiger partial charge is 0.356 e. The monoisotopic (exact) mass is 378 g/mol. The van der Waals surface area contributed by atoms with Crippen LogP contribution < -0.4 is 10.2 Å². The number of aromatic nitrogens is 2. The molecule has 0 aliphatic carbocycles. The summed E-state index contributed by atoms with van der Waals surface area (Å²) in [5.41, 5.74) is 0.0900. The highest BCUT2D eigenvalue weighted by atomic mass is 19.4. The van der Waals surface area contributed by atoms with Gasteiger partial charge in [0.15, 0.2) is 0 Å². The highest BCUT2D eigenvalue weighted by Gasteiger charge is 2.34. The molecular weight excluding hydrogens is 357 g/mol. The first-order valence-electron chi connectivity index (χ1n) is 8.82. The Kier molecular flexibility index (Phi) is 5.62. The van der Waals surface area contributed by atoms with Gasteiger partial charge in [0.25, 0.3) is 0 Å². The molecule has 0 unspecified atom stereocenters. The molecule has 0 saturated carbocycles. The lowest BCUT2D eigenvalue weighted by Crippen LogP contribution is -2.40. The maximum atomic E-state index is 12.9. The van der Waals surface area contributed by atoms with E-state index < -0.39 is 11.9 Å². The van der Waals surface area contributed by atoms with E-state index >= 15 is 0 Å². The van der Waals surface area contributed by atoms with E-state index in [0.717, 1.165) is 11.6 Å². The van der Waals surface area contributed by atoms with E-state index in [1.165, 1.54) is 6.92 Å². The number of rotatable bonds is 4. The van der Waals surface area contributed by atoms with Gasteiger partial charge in [0.05, 0.1) is 0 Å². The number of nitrogens with one attached hydrogen (secondary N) is 1. The summed E-state index contributed by atoms with van der Waals surface area (Å²) in [5, 5.41) is 2.93. The fourth-order valence-corrected chi connectivity index (χ4v) is 3.16. The molecule has 27 heavy (non-hydrogen) atoms. The van der Waals surface area contributed by atoms with Gasteiger partial charge in [-0.2, -0.15) is 13.2 Å². The Morgan fingerprint density at radius 3 is 2.48 bits per heavy atom. The number of nitrogens with zero attached hydrogens (tertiary/aromatic N) is 3. The summed E-state index contributed by atoms with van der Waals surface area (Å²) in [6.45, 7) is 2.89. The van der Waals surface area contributed by atoms with Crippen molar-refractivity contribution in [2.45, 2.75) is 32.5 Å². The van der Waals surface area contributed by atoms with E-state index in [-0.39, 0.29) is 23.5 Å². The van der Waals surface area contributed by atoms with Crippen molar-refractivity contribution >= 4 is 11.7 Å². The number of amides is 1. The van der Waals surface area contributed by atoms with Crippen LogP contribution in [0.5, 0.6) is 0 Å². The number of benzene rings is 1. The number of hydrogen-bond acceptors (Lipinski definition) is 4. The first-order valence-corrected chi connectivity index (χ1v) is 8.82. The third kappa shape index (κ3) is 4.96. The van der Waals surface area contributed by atoms with Crippen molar-refractivity contribution in [1.29, 1.82) is 0 Å². The summed E-state index contributed by atoms with van der Waals surface area (Å²) >= 11 is 0. The SMILES string of the molecule is Cc1nc(N2CCC(C(=O)NCc3ccccc3)CC2)cc(C(F)(F)F)n1. The first-order chi connectivity index (χ1) is 12.8. The second-order valence-electron chi connectivity index (χ2n) is 6.62. The second kappa shape index (κ2) is 7.94. The van der Waals surface area contributed by atoms with Gasteiger partial charge in [-0.1, -0.05) is 30.3 Å². The summed E-state index contributed by atoms with van der Waals surface area (Å²) in [4.78, 5) is 21.7. The Labute approximate surface area is 155 Å². The molecule has 1 aromatic heterocycles. The van der Waals surface area contributed by atoms with Gasteiger partial charge in [0.1, 0.15) is 17.3 Å². The minimum absolute atomic E-state index is 0.0200. The van der Waals surface area contributed by atoms with E-state index in [2.05, 4.69) is 15.3 Å². The summed E-state index contributed by atoms with van der Waals surface area (Å²) in [6, 6.07) is 10.6. The van der Waals surface area contributed by atoms with Crippen LogP contribution in [-0.4, -0.2) is 29.0 Å². The molecule has 1 saturated heterocycles. The molecule has 0 spiro atoms. The summed E-state index contributed by atoms with van der Waals surface area (Å²) in [5.74, 6) is 0.184. The molecule has 0 atom stereocenters. The van der Waals surface area contributed by atoms with E-state index in [4.69, 9.17) is 0 Å². The number of aryl methyl sites for hydroxylation is 1. The number of halogens is 3. The zero-order valence-electron chi connectivity index (χ0n) is 15.0. The molecule has 1 fully saturated rings. The Balaban J connectivity index is 1.57. The highest BCUT2D eigenvalue weighted by Crippen LogP contribution is 2.30. The number of alkyl halides is 3. The molecule has 2 aromatic rings. The van der Waals surface area contributed by atoms with Crippen LogP contribution in [0.4, 0.5) is 19.0 Å². The molecule has 5 nitrogen and oxygen atoms in total. The van der Waals surface area contributed by atoms with E-state index in [9.17, 15) is 18.0 Å². The maximum Gasteiger partial charge on any atom is 0.433 e. The molecule has 1 aliphatic heterocycles. The van der Waals surface area contributed by atoms with Gasteiger partial charge in [0.2, 0.25) is 5.91 Å². The average Bonchev–Trinajstić information content (AvgIpc) is 2.66. The van der Waals surface area contributed by atoms with Crippen LogP contribution in [0, 0.1) is 12.8 Å². The van der Waals surface area contributed by atoms with Gasteiger partial charge in [-0.3, -0.25) is 4.79 Å².